The van der Waals surface area contributed by atoms with Crippen molar-refractivity contribution in [2.75, 3.05) is 18.9 Å². The zero-order valence-electron chi connectivity index (χ0n) is 14.5. The Morgan fingerprint density at radius 3 is 3.00 bits per heavy atom. The van der Waals surface area contributed by atoms with Crippen molar-refractivity contribution in [2.24, 2.45) is 0 Å². The van der Waals surface area contributed by atoms with Crippen LogP contribution in [0.15, 0.2) is 23.2 Å². The molecule has 0 saturated carbocycles. The third-order valence-electron chi connectivity index (χ3n) is 4.23. The Morgan fingerprint density at radius 2 is 2.28 bits per heavy atom. The first-order chi connectivity index (χ1) is 12.1. The van der Waals surface area contributed by atoms with Gasteiger partial charge in [-0.2, -0.15) is 5.26 Å². The normalized spacial score (nSPS) is 16.8. The smallest absolute Gasteiger partial charge is 0.230 e. The summed E-state index contributed by atoms with van der Waals surface area (Å²) in [7, 11) is 0. The predicted octanol–water partition coefficient (Wildman–Crippen LogP) is 3.11. The number of nitriles is 1. The number of amides is 1. The third kappa shape index (κ3) is 4.30. The highest BCUT2D eigenvalue weighted by molar-refractivity contribution is 8.00. The predicted molar refractivity (Wildman–Crippen MR) is 98.6 cm³/mol. The first kappa shape index (κ1) is 17.7. The molecule has 6 heteroatoms. The van der Waals surface area contributed by atoms with Gasteiger partial charge < -0.3 is 10.1 Å². The van der Waals surface area contributed by atoms with Crippen molar-refractivity contribution < 1.29 is 9.53 Å². The molecule has 0 radical (unpaired) electrons. The van der Waals surface area contributed by atoms with E-state index in [1.807, 2.05) is 26.0 Å². The van der Waals surface area contributed by atoms with Gasteiger partial charge in [0.05, 0.1) is 22.9 Å². The monoisotopic (exact) mass is 355 g/mol. The summed E-state index contributed by atoms with van der Waals surface area (Å²) in [6, 6.07) is 8.15. The number of aryl methyl sites for hydroxylation is 2. The van der Waals surface area contributed by atoms with E-state index >= 15 is 0 Å². The van der Waals surface area contributed by atoms with Gasteiger partial charge in [0.2, 0.25) is 5.91 Å². The molecule has 1 amide bonds. The second kappa shape index (κ2) is 7.85. The van der Waals surface area contributed by atoms with Crippen molar-refractivity contribution in [2.45, 2.75) is 37.8 Å². The van der Waals surface area contributed by atoms with Gasteiger partial charge in [0.15, 0.2) is 0 Å². The number of fused-ring (bicyclic) bond motifs is 1. The molecule has 1 aliphatic rings. The summed E-state index contributed by atoms with van der Waals surface area (Å²) in [5.74, 6) is 0.178. The van der Waals surface area contributed by atoms with Gasteiger partial charge in [0.1, 0.15) is 11.1 Å². The van der Waals surface area contributed by atoms with Crippen LogP contribution in [0.25, 0.3) is 10.9 Å². The van der Waals surface area contributed by atoms with Gasteiger partial charge in [-0.25, -0.2) is 4.98 Å². The Kier molecular flexibility index (Phi) is 5.57. The molecule has 1 atom stereocenters. The van der Waals surface area contributed by atoms with Crippen molar-refractivity contribution >= 4 is 28.6 Å². The molecule has 1 aromatic heterocycles. The van der Waals surface area contributed by atoms with Crippen LogP contribution in [0.1, 0.15) is 29.5 Å². The fourth-order valence-corrected chi connectivity index (χ4v) is 3.83. The maximum absolute atomic E-state index is 12.0. The van der Waals surface area contributed by atoms with Crippen LogP contribution in [0.3, 0.4) is 0 Å². The molecule has 25 heavy (non-hydrogen) atoms. The van der Waals surface area contributed by atoms with Crippen molar-refractivity contribution in [1.82, 2.24) is 10.3 Å². The van der Waals surface area contributed by atoms with E-state index in [-0.39, 0.29) is 17.8 Å². The lowest BCUT2D eigenvalue weighted by molar-refractivity contribution is -0.119. The highest BCUT2D eigenvalue weighted by Gasteiger charge is 2.17. The number of nitrogens with one attached hydrogen (secondary N) is 1. The highest BCUT2D eigenvalue weighted by Crippen LogP contribution is 2.27. The standard InChI is InChI=1S/C19H21N3O2S/c1-12-6-13(2)18-14(7-12)8-15(9-20)19(22-18)25-11-17(23)21-10-16-4-3-5-24-16/h6-8,16H,3-5,10-11H2,1-2H3,(H,21,23). The first-order valence-corrected chi connectivity index (χ1v) is 9.38. The van der Waals surface area contributed by atoms with Crippen molar-refractivity contribution in [1.29, 1.82) is 5.26 Å². The molecule has 1 aliphatic heterocycles. The quantitative estimate of drug-likeness (QED) is 0.834. The van der Waals surface area contributed by atoms with Crippen LogP contribution in [-0.4, -0.2) is 35.9 Å². The van der Waals surface area contributed by atoms with E-state index in [0.29, 0.717) is 17.1 Å². The van der Waals surface area contributed by atoms with Crippen LogP contribution in [-0.2, 0) is 9.53 Å². The molecule has 1 N–H and O–H groups in total. The van der Waals surface area contributed by atoms with Crippen LogP contribution in [0, 0.1) is 25.2 Å². The Bertz CT molecular complexity index is 839. The molecule has 5 nitrogen and oxygen atoms in total. The molecule has 130 valence electrons. The summed E-state index contributed by atoms with van der Waals surface area (Å²) >= 11 is 1.30. The number of carbonyl (C=O) groups excluding carboxylic acids is 1. The second-order valence-electron chi connectivity index (χ2n) is 6.33. The summed E-state index contributed by atoms with van der Waals surface area (Å²) < 4.78 is 5.50. The van der Waals surface area contributed by atoms with Crippen molar-refractivity contribution in [3.05, 3.63) is 34.9 Å². The maximum Gasteiger partial charge on any atom is 0.230 e. The molecule has 1 unspecified atom stereocenters. The summed E-state index contributed by atoms with van der Waals surface area (Å²) in [6.07, 6.45) is 2.19. The minimum absolute atomic E-state index is 0.0630. The van der Waals surface area contributed by atoms with Gasteiger partial charge in [-0.05, 0) is 44.4 Å². The molecule has 1 saturated heterocycles. The second-order valence-corrected chi connectivity index (χ2v) is 7.30. The lowest BCUT2D eigenvalue weighted by atomic mass is 10.1. The highest BCUT2D eigenvalue weighted by atomic mass is 32.2. The molecule has 0 bridgehead atoms. The van der Waals surface area contributed by atoms with Gasteiger partial charge in [-0.15, -0.1) is 0 Å². The van der Waals surface area contributed by atoms with E-state index in [2.05, 4.69) is 22.4 Å². The number of hydrogen-bond acceptors (Lipinski definition) is 5. The number of aromatic nitrogens is 1. The van der Waals surface area contributed by atoms with Crippen LogP contribution < -0.4 is 5.32 Å². The van der Waals surface area contributed by atoms with Gasteiger partial charge in [-0.3, -0.25) is 4.79 Å². The zero-order chi connectivity index (χ0) is 17.8. The van der Waals surface area contributed by atoms with Crippen molar-refractivity contribution in [3.63, 3.8) is 0 Å². The largest absolute Gasteiger partial charge is 0.376 e. The Balaban J connectivity index is 1.69. The minimum atomic E-state index is -0.0630. The number of carbonyl (C=O) groups is 1. The molecule has 2 aromatic rings. The molecule has 1 fully saturated rings. The SMILES string of the molecule is Cc1cc(C)c2nc(SCC(=O)NCC3CCCO3)c(C#N)cc2c1. The Labute approximate surface area is 151 Å². The molecule has 2 heterocycles. The van der Waals surface area contributed by atoms with Crippen molar-refractivity contribution in [3.8, 4) is 6.07 Å². The van der Waals surface area contributed by atoms with Gasteiger partial charge >= 0.3 is 0 Å². The van der Waals surface area contributed by atoms with E-state index < -0.39 is 0 Å². The molecule has 0 aliphatic carbocycles. The molecule has 0 spiro atoms. The van der Waals surface area contributed by atoms with E-state index in [9.17, 15) is 10.1 Å². The average Bonchev–Trinajstić information content (AvgIpc) is 3.11. The number of thioether (sulfide) groups is 1. The minimum Gasteiger partial charge on any atom is -0.376 e. The van der Waals surface area contributed by atoms with E-state index in [0.717, 1.165) is 41.5 Å². The van der Waals surface area contributed by atoms with Crippen LogP contribution >= 0.6 is 11.8 Å². The fourth-order valence-electron chi connectivity index (χ4n) is 3.04. The summed E-state index contributed by atoms with van der Waals surface area (Å²) in [4.78, 5) is 16.7. The van der Waals surface area contributed by atoms with Crippen LogP contribution in [0.4, 0.5) is 0 Å². The molecular formula is C19H21N3O2S. The Hall–Kier alpha value is -2.10. The summed E-state index contributed by atoms with van der Waals surface area (Å²) in [5, 5.41) is 13.9. The number of hydrogen-bond donors (Lipinski definition) is 1. The Morgan fingerprint density at radius 1 is 1.44 bits per heavy atom. The molecule has 1 aromatic carbocycles. The van der Waals surface area contributed by atoms with Gasteiger partial charge in [0.25, 0.3) is 0 Å². The number of rotatable bonds is 5. The van der Waals surface area contributed by atoms with Gasteiger partial charge in [-0.1, -0.05) is 23.4 Å². The summed E-state index contributed by atoms with van der Waals surface area (Å²) in [5.41, 5.74) is 3.61. The lowest BCUT2D eigenvalue weighted by Gasteiger charge is -2.11. The first-order valence-electron chi connectivity index (χ1n) is 8.40. The lowest BCUT2D eigenvalue weighted by Crippen LogP contribution is -2.32. The molecular weight excluding hydrogens is 334 g/mol. The van der Waals surface area contributed by atoms with Crippen LogP contribution in [0.2, 0.25) is 0 Å². The maximum atomic E-state index is 12.0. The summed E-state index contributed by atoms with van der Waals surface area (Å²) in [6.45, 7) is 5.37. The third-order valence-corrected chi connectivity index (χ3v) is 5.22. The topological polar surface area (TPSA) is 75.0 Å². The van der Waals surface area contributed by atoms with Gasteiger partial charge in [0, 0.05) is 18.5 Å². The number of benzene rings is 1. The number of nitrogens with zero attached hydrogens (tertiary/aromatic N) is 2. The van der Waals surface area contributed by atoms with E-state index in [4.69, 9.17) is 4.74 Å². The van der Waals surface area contributed by atoms with Crippen LogP contribution in [0.5, 0.6) is 0 Å². The fraction of sp³-hybridized carbons (Fsp3) is 0.421. The molecule has 3 rings (SSSR count). The van der Waals surface area contributed by atoms with E-state index in [1.165, 1.54) is 11.8 Å². The number of ether oxygens (including phenoxy) is 1. The average molecular weight is 355 g/mol. The zero-order valence-corrected chi connectivity index (χ0v) is 15.3. The number of pyridine rings is 1. The van der Waals surface area contributed by atoms with E-state index in [1.54, 1.807) is 0 Å².